The Hall–Kier alpha value is -3.33. The molecule has 2 aromatic rings. The highest BCUT2D eigenvalue weighted by Gasteiger charge is 2.33. The van der Waals surface area contributed by atoms with Gasteiger partial charge in [0.2, 0.25) is 0 Å². The molecule has 1 aliphatic carbocycles. The van der Waals surface area contributed by atoms with Gasteiger partial charge in [-0.2, -0.15) is 5.26 Å². The number of nitriles is 1. The van der Waals surface area contributed by atoms with Crippen LogP contribution in [0.4, 0.5) is 0 Å². The first-order chi connectivity index (χ1) is 13.6. The molecule has 0 atom stereocenters. The van der Waals surface area contributed by atoms with Crippen LogP contribution in [-0.2, 0) is 9.53 Å². The Morgan fingerprint density at radius 3 is 2.39 bits per heavy atom. The second-order valence-corrected chi connectivity index (χ2v) is 6.79. The molecule has 0 aromatic heterocycles. The maximum Gasteiger partial charge on any atom is 0.342 e. The van der Waals surface area contributed by atoms with Crippen LogP contribution in [0.15, 0.2) is 54.6 Å². The molecule has 144 valence electrons. The molecule has 1 aliphatic rings. The van der Waals surface area contributed by atoms with Gasteiger partial charge in [0.25, 0.3) is 5.91 Å². The van der Waals surface area contributed by atoms with Crippen molar-refractivity contribution in [2.45, 2.75) is 37.6 Å². The Labute approximate surface area is 164 Å². The molecule has 6 nitrogen and oxygen atoms in total. The summed E-state index contributed by atoms with van der Waals surface area (Å²) in [6, 6.07) is 18.0. The summed E-state index contributed by atoms with van der Waals surface area (Å²) in [5.41, 5.74) is -0.623. The smallest absolute Gasteiger partial charge is 0.342 e. The molecular formula is C22H22N2O4. The van der Waals surface area contributed by atoms with Crippen molar-refractivity contribution in [1.29, 1.82) is 5.26 Å². The predicted octanol–water partition coefficient (Wildman–Crippen LogP) is 3.98. The van der Waals surface area contributed by atoms with Crippen molar-refractivity contribution < 1.29 is 19.1 Å². The molecule has 28 heavy (non-hydrogen) atoms. The van der Waals surface area contributed by atoms with Crippen LogP contribution < -0.4 is 10.1 Å². The van der Waals surface area contributed by atoms with Crippen LogP contribution in [0.25, 0.3) is 0 Å². The molecule has 0 unspecified atom stereocenters. The highest BCUT2D eigenvalue weighted by atomic mass is 16.5. The molecule has 1 amide bonds. The summed E-state index contributed by atoms with van der Waals surface area (Å²) < 4.78 is 10.9. The number of nitrogens with zero attached hydrogens (tertiary/aromatic N) is 1. The van der Waals surface area contributed by atoms with E-state index in [2.05, 4.69) is 11.4 Å². The zero-order chi connectivity index (χ0) is 19.8. The van der Waals surface area contributed by atoms with E-state index in [0.717, 1.165) is 19.3 Å². The average Bonchev–Trinajstić information content (AvgIpc) is 2.74. The van der Waals surface area contributed by atoms with Crippen molar-refractivity contribution in [1.82, 2.24) is 5.32 Å². The number of rotatable bonds is 6. The van der Waals surface area contributed by atoms with Crippen LogP contribution in [-0.4, -0.2) is 24.0 Å². The topological polar surface area (TPSA) is 88.4 Å². The van der Waals surface area contributed by atoms with Gasteiger partial charge in [0.05, 0.1) is 6.07 Å². The molecule has 0 saturated heterocycles. The summed E-state index contributed by atoms with van der Waals surface area (Å²) >= 11 is 0. The second kappa shape index (κ2) is 9.05. The summed E-state index contributed by atoms with van der Waals surface area (Å²) in [6.07, 6.45) is 4.11. The molecule has 1 fully saturated rings. The van der Waals surface area contributed by atoms with Gasteiger partial charge in [-0.1, -0.05) is 49.6 Å². The number of para-hydroxylation sites is 2. The van der Waals surface area contributed by atoms with Crippen molar-refractivity contribution in [3.8, 4) is 17.6 Å². The third kappa shape index (κ3) is 4.89. The Morgan fingerprint density at radius 1 is 1.00 bits per heavy atom. The van der Waals surface area contributed by atoms with Gasteiger partial charge in [0.15, 0.2) is 6.61 Å². The van der Waals surface area contributed by atoms with Crippen LogP contribution in [0.3, 0.4) is 0 Å². The lowest BCUT2D eigenvalue weighted by Gasteiger charge is -2.31. The van der Waals surface area contributed by atoms with Crippen LogP contribution in [0.2, 0.25) is 0 Å². The molecule has 1 saturated carbocycles. The molecule has 1 N–H and O–H groups in total. The molecule has 6 heteroatoms. The van der Waals surface area contributed by atoms with Gasteiger partial charge in [0, 0.05) is 0 Å². The SMILES string of the molecule is N#CC1(NC(=O)COC(=O)c2ccccc2Oc2ccccc2)CCCCC1. The molecule has 3 rings (SSSR count). The second-order valence-electron chi connectivity index (χ2n) is 6.79. The number of esters is 1. The summed E-state index contributed by atoms with van der Waals surface area (Å²) in [4.78, 5) is 24.7. The molecule has 0 heterocycles. The van der Waals surface area contributed by atoms with Gasteiger partial charge < -0.3 is 14.8 Å². The Balaban J connectivity index is 1.61. The van der Waals surface area contributed by atoms with Gasteiger partial charge >= 0.3 is 5.97 Å². The van der Waals surface area contributed by atoms with E-state index in [1.54, 1.807) is 36.4 Å². The largest absolute Gasteiger partial charge is 0.456 e. The van der Waals surface area contributed by atoms with Crippen LogP contribution >= 0.6 is 0 Å². The number of amides is 1. The predicted molar refractivity (Wildman–Crippen MR) is 103 cm³/mol. The van der Waals surface area contributed by atoms with Gasteiger partial charge in [-0.15, -0.1) is 0 Å². The Bertz CT molecular complexity index is 868. The third-order valence-corrected chi connectivity index (χ3v) is 4.71. The first kappa shape index (κ1) is 19.4. The van der Waals surface area contributed by atoms with Crippen molar-refractivity contribution in [3.05, 3.63) is 60.2 Å². The normalized spacial score (nSPS) is 15.1. The molecular weight excluding hydrogens is 356 g/mol. The van der Waals surface area contributed by atoms with Gasteiger partial charge in [-0.05, 0) is 37.1 Å². The third-order valence-electron chi connectivity index (χ3n) is 4.71. The molecule has 0 radical (unpaired) electrons. The lowest BCUT2D eigenvalue weighted by atomic mass is 9.83. The van der Waals surface area contributed by atoms with Gasteiger partial charge in [0.1, 0.15) is 22.6 Å². The Kier molecular flexibility index (Phi) is 6.28. The number of benzene rings is 2. The van der Waals surface area contributed by atoms with E-state index in [0.29, 0.717) is 24.3 Å². The number of hydrogen-bond donors (Lipinski definition) is 1. The molecule has 0 aliphatic heterocycles. The minimum absolute atomic E-state index is 0.229. The minimum atomic E-state index is -0.851. The Morgan fingerprint density at radius 2 is 1.68 bits per heavy atom. The van der Waals surface area contributed by atoms with E-state index in [1.807, 2.05) is 18.2 Å². The number of carbonyl (C=O) groups excluding carboxylic acids is 2. The van der Waals surface area contributed by atoms with E-state index < -0.39 is 24.0 Å². The lowest BCUT2D eigenvalue weighted by molar-refractivity contribution is -0.125. The van der Waals surface area contributed by atoms with E-state index in [9.17, 15) is 14.9 Å². The van der Waals surface area contributed by atoms with Gasteiger partial charge in [-0.25, -0.2) is 4.79 Å². The van der Waals surface area contributed by atoms with Crippen LogP contribution in [0.1, 0.15) is 42.5 Å². The number of ether oxygens (including phenoxy) is 2. The first-order valence-electron chi connectivity index (χ1n) is 9.33. The fourth-order valence-electron chi connectivity index (χ4n) is 3.27. The fraction of sp³-hybridized carbons (Fsp3) is 0.318. The quantitative estimate of drug-likeness (QED) is 0.768. The standard InChI is InChI=1S/C22H22N2O4/c23-16-22(13-7-2-8-14-22)24-20(25)15-27-21(26)18-11-5-6-12-19(18)28-17-9-3-1-4-10-17/h1,3-6,9-12H,2,7-8,13-15H2,(H,24,25). The van der Waals surface area contributed by atoms with E-state index in [1.165, 1.54) is 0 Å². The summed E-state index contributed by atoms with van der Waals surface area (Å²) in [5.74, 6) is -0.191. The fourth-order valence-corrected chi connectivity index (χ4v) is 3.27. The molecule has 0 spiro atoms. The highest BCUT2D eigenvalue weighted by molar-refractivity contribution is 5.94. The van der Waals surface area contributed by atoms with E-state index >= 15 is 0 Å². The maximum absolute atomic E-state index is 12.5. The van der Waals surface area contributed by atoms with Crippen LogP contribution in [0, 0.1) is 11.3 Å². The zero-order valence-electron chi connectivity index (χ0n) is 15.5. The minimum Gasteiger partial charge on any atom is -0.456 e. The van der Waals surface area contributed by atoms with Crippen molar-refractivity contribution >= 4 is 11.9 Å². The lowest BCUT2D eigenvalue weighted by Crippen LogP contribution is -2.50. The number of hydrogen-bond acceptors (Lipinski definition) is 5. The monoisotopic (exact) mass is 378 g/mol. The highest BCUT2D eigenvalue weighted by Crippen LogP contribution is 2.28. The van der Waals surface area contributed by atoms with Crippen molar-refractivity contribution in [2.24, 2.45) is 0 Å². The number of nitrogens with one attached hydrogen (secondary N) is 1. The van der Waals surface area contributed by atoms with Crippen LogP contribution in [0.5, 0.6) is 11.5 Å². The average molecular weight is 378 g/mol. The summed E-state index contributed by atoms with van der Waals surface area (Å²) in [6.45, 7) is -0.443. The number of carbonyl (C=O) groups is 2. The molecule has 2 aromatic carbocycles. The molecule has 0 bridgehead atoms. The maximum atomic E-state index is 12.5. The van der Waals surface area contributed by atoms with E-state index in [4.69, 9.17) is 9.47 Å². The van der Waals surface area contributed by atoms with Gasteiger partial charge in [-0.3, -0.25) is 4.79 Å². The summed E-state index contributed by atoms with van der Waals surface area (Å²) in [5, 5.41) is 12.2. The van der Waals surface area contributed by atoms with E-state index in [-0.39, 0.29) is 5.56 Å². The first-order valence-corrected chi connectivity index (χ1v) is 9.33. The van der Waals surface area contributed by atoms with Crippen molar-refractivity contribution in [2.75, 3.05) is 6.61 Å². The summed E-state index contributed by atoms with van der Waals surface area (Å²) in [7, 11) is 0. The zero-order valence-corrected chi connectivity index (χ0v) is 15.5. The van der Waals surface area contributed by atoms with Crippen molar-refractivity contribution in [3.63, 3.8) is 0 Å².